The van der Waals surface area contributed by atoms with Crippen molar-refractivity contribution >= 4 is 11.6 Å². The van der Waals surface area contributed by atoms with Crippen molar-refractivity contribution in [3.63, 3.8) is 0 Å². The van der Waals surface area contributed by atoms with Gasteiger partial charge < -0.3 is 15.4 Å². The van der Waals surface area contributed by atoms with Gasteiger partial charge in [0, 0.05) is 11.8 Å². The topological polar surface area (TPSA) is 50.4 Å². The van der Waals surface area contributed by atoms with E-state index in [4.69, 9.17) is 4.74 Å². The van der Waals surface area contributed by atoms with Crippen molar-refractivity contribution in [2.45, 2.75) is 33.1 Å². The molecule has 0 saturated heterocycles. The van der Waals surface area contributed by atoms with E-state index in [0.717, 1.165) is 37.2 Å². The summed E-state index contributed by atoms with van der Waals surface area (Å²) in [4.78, 5) is 11.7. The maximum absolute atomic E-state index is 11.7. The highest BCUT2D eigenvalue weighted by Gasteiger charge is 2.02. The Hall–Kier alpha value is -1.55. The van der Waals surface area contributed by atoms with Gasteiger partial charge >= 0.3 is 0 Å². The van der Waals surface area contributed by atoms with Gasteiger partial charge in [0.1, 0.15) is 5.75 Å². The highest BCUT2D eigenvalue weighted by Crippen LogP contribution is 2.17. The van der Waals surface area contributed by atoms with Crippen LogP contribution in [0.4, 0.5) is 5.69 Å². The van der Waals surface area contributed by atoms with Crippen LogP contribution in [0.1, 0.15) is 33.1 Å². The first-order valence-corrected chi connectivity index (χ1v) is 6.99. The predicted octanol–water partition coefficient (Wildman–Crippen LogP) is 2.80. The fraction of sp³-hybridized carbons (Fsp3) is 0.533. The molecule has 0 bridgehead atoms. The molecule has 1 aromatic rings. The Morgan fingerprint density at radius 1 is 1.26 bits per heavy atom. The zero-order chi connectivity index (χ0) is 13.9. The number of rotatable bonds is 9. The summed E-state index contributed by atoms with van der Waals surface area (Å²) >= 11 is 0. The lowest BCUT2D eigenvalue weighted by Gasteiger charge is -2.09. The average Bonchev–Trinajstić information content (AvgIpc) is 2.42. The summed E-state index contributed by atoms with van der Waals surface area (Å²) in [6, 6.07) is 7.48. The van der Waals surface area contributed by atoms with Crippen molar-refractivity contribution in [3.05, 3.63) is 24.3 Å². The quantitative estimate of drug-likeness (QED) is 0.674. The minimum absolute atomic E-state index is 0.0243. The Morgan fingerprint density at radius 3 is 2.84 bits per heavy atom. The molecule has 0 aliphatic heterocycles. The van der Waals surface area contributed by atoms with Crippen LogP contribution in [0.5, 0.6) is 5.75 Å². The van der Waals surface area contributed by atoms with E-state index in [1.54, 1.807) is 0 Å². The molecule has 0 spiro atoms. The van der Waals surface area contributed by atoms with Gasteiger partial charge in [0.05, 0.1) is 13.2 Å². The lowest BCUT2D eigenvalue weighted by Crippen LogP contribution is -2.28. The third-order valence-corrected chi connectivity index (χ3v) is 2.58. The molecule has 2 N–H and O–H groups in total. The largest absolute Gasteiger partial charge is 0.494 e. The van der Waals surface area contributed by atoms with Gasteiger partial charge in [-0.25, -0.2) is 0 Å². The van der Waals surface area contributed by atoms with E-state index < -0.39 is 0 Å². The van der Waals surface area contributed by atoms with Gasteiger partial charge in [-0.1, -0.05) is 26.3 Å². The van der Waals surface area contributed by atoms with Crippen molar-refractivity contribution in [1.29, 1.82) is 0 Å². The molecule has 0 saturated carbocycles. The highest BCUT2D eigenvalue weighted by atomic mass is 16.5. The van der Waals surface area contributed by atoms with Gasteiger partial charge in [0.15, 0.2) is 0 Å². The van der Waals surface area contributed by atoms with E-state index in [2.05, 4.69) is 24.5 Å². The molecule has 0 heterocycles. The molecule has 4 nitrogen and oxygen atoms in total. The summed E-state index contributed by atoms with van der Waals surface area (Å²) in [5, 5.41) is 5.97. The molecule has 0 aliphatic carbocycles. The van der Waals surface area contributed by atoms with Crippen molar-refractivity contribution in [3.8, 4) is 5.75 Å². The van der Waals surface area contributed by atoms with Gasteiger partial charge in [-0.2, -0.15) is 0 Å². The van der Waals surface area contributed by atoms with Crippen LogP contribution >= 0.6 is 0 Å². The molecule has 0 fully saturated rings. The smallest absolute Gasteiger partial charge is 0.238 e. The summed E-state index contributed by atoms with van der Waals surface area (Å²) in [6.45, 7) is 6.11. The highest BCUT2D eigenvalue weighted by molar-refractivity contribution is 5.92. The monoisotopic (exact) mass is 264 g/mol. The van der Waals surface area contributed by atoms with E-state index >= 15 is 0 Å². The molecule has 0 unspecified atom stereocenters. The second kappa shape index (κ2) is 9.39. The first-order valence-electron chi connectivity index (χ1n) is 6.99. The summed E-state index contributed by atoms with van der Waals surface area (Å²) < 4.78 is 5.52. The van der Waals surface area contributed by atoms with Crippen LogP contribution in [0, 0.1) is 0 Å². The number of carbonyl (C=O) groups excluding carboxylic acids is 1. The van der Waals surface area contributed by atoms with Gasteiger partial charge in [-0.15, -0.1) is 0 Å². The first-order chi connectivity index (χ1) is 9.26. The summed E-state index contributed by atoms with van der Waals surface area (Å²) in [5.41, 5.74) is 0.774. The zero-order valence-electron chi connectivity index (χ0n) is 11.9. The van der Waals surface area contributed by atoms with E-state index in [1.807, 2.05) is 24.3 Å². The maximum atomic E-state index is 11.7. The number of anilines is 1. The normalized spacial score (nSPS) is 10.2. The number of hydrogen-bond donors (Lipinski definition) is 2. The van der Waals surface area contributed by atoms with Crippen LogP contribution in [0.3, 0.4) is 0 Å². The Bertz CT molecular complexity index is 380. The lowest BCUT2D eigenvalue weighted by molar-refractivity contribution is -0.115. The van der Waals surface area contributed by atoms with Crippen LogP contribution < -0.4 is 15.4 Å². The molecular formula is C15H24N2O2. The Morgan fingerprint density at radius 2 is 2.11 bits per heavy atom. The zero-order valence-corrected chi connectivity index (χ0v) is 11.9. The molecule has 19 heavy (non-hydrogen) atoms. The van der Waals surface area contributed by atoms with Crippen LogP contribution in [0.25, 0.3) is 0 Å². The Balaban J connectivity index is 2.36. The standard InChI is InChI=1S/C15H24N2O2/c1-3-5-9-16-12-15(18)17-13-7-6-8-14(11-13)19-10-4-2/h6-8,11,16H,3-5,9-10,12H2,1-2H3,(H,17,18). The molecule has 0 aromatic heterocycles. The fourth-order valence-corrected chi connectivity index (χ4v) is 1.59. The minimum atomic E-state index is -0.0243. The van der Waals surface area contributed by atoms with Crippen molar-refractivity contribution in [2.75, 3.05) is 25.0 Å². The Labute approximate surface area is 115 Å². The number of unbranched alkanes of at least 4 members (excludes halogenated alkanes) is 1. The number of amides is 1. The third kappa shape index (κ3) is 6.82. The molecule has 0 radical (unpaired) electrons. The lowest BCUT2D eigenvalue weighted by atomic mass is 10.3. The second-order valence-electron chi connectivity index (χ2n) is 4.45. The van der Waals surface area contributed by atoms with E-state index in [1.165, 1.54) is 0 Å². The molecule has 1 amide bonds. The fourth-order valence-electron chi connectivity index (χ4n) is 1.59. The van der Waals surface area contributed by atoms with Crippen LogP contribution in [0.15, 0.2) is 24.3 Å². The van der Waals surface area contributed by atoms with Gasteiger partial charge in [0.2, 0.25) is 5.91 Å². The number of hydrogen-bond acceptors (Lipinski definition) is 3. The summed E-state index contributed by atoms with van der Waals surface area (Å²) in [5.74, 6) is 0.766. The number of carbonyl (C=O) groups is 1. The number of ether oxygens (including phenoxy) is 1. The van der Waals surface area contributed by atoms with Gasteiger partial charge in [0.25, 0.3) is 0 Å². The molecule has 106 valence electrons. The third-order valence-electron chi connectivity index (χ3n) is 2.58. The SMILES string of the molecule is CCCCNCC(=O)Nc1cccc(OCCC)c1. The first kappa shape index (κ1) is 15.5. The number of nitrogens with one attached hydrogen (secondary N) is 2. The Kier molecular flexibility index (Phi) is 7.66. The molecule has 1 aromatic carbocycles. The van der Waals surface area contributed by atoms with Gasteiger partial charge in [-0.05, 0) is 31.5 Å². The van der Waals surface area contributed by atoms with E-state index in [-0.39, 0.29) is 5.91 Å². The molecule has 0 aliphatic rings. The van der Waals surface area contributed by atoms with E-state index in [9.17, 15) is 4.79 Å². The molecule has 1 rings (SSSR count). The predicted molar refractivity (Wildman–Crippen MR) is 78.6 cm³/mol. The van der Waals surface area contributed by atoms with Gasteiger partial charge in [-0.3, -0.25) is 4.79 Å². The van der Waals surface area contributed by atoms with Crippen molar-refractivity contribution in [2.24, 2.45) is 0 Å². The van der Waals surface area contributed by atoms with E-state index in [0.29, 0.717) is 13.2 Å². The second-order valence-corrected chi connectivity index (χ2v) is 4.45. The van der Waals surface area contributed by atoms with Crippen LogP contribution in [0.2, 0.25) is 0 Å². The summed E-state index contributed by atoms with van der Waals surface area (Å²) in [7, 11) is 0. The number of benzene rings is 1. The average molecular weight is 264 g/mol. The van der Waals surface area contributed by atoms with Crippen molar-refractivity contribution < 1.29 is 9.53 Å². The molecular weight excluding hydrogens is 240 g/mol. The maximum Gasteiger partial charge on any atom is 0.238 e. The van der Waals surface area contributed by atoms with Crippen LogP contribution in [-0.4, -0.2) is 25.6 Å². The minimum Gasteiger partial charge on any atom is -0.494 e. The molecule has 0 atom stereocenters. The summed E-state index contributed by atoms with van der Waals surface area (Å²) in [6.07, 6.45) is 3.19. The van der Waals surface area contributed by atoms with Crippen LogP contribution in [-0.2, 0) is 4.79 Å². The molecule has 4 heteroatoms. The van der Waals surface area contributed by atoms with Crippen molar-refractivity contribution in [1.82, 2.24) is 5.32 Å².